The zero-order chi connectivity index (χ0) is 9.59. The molecule has 0 aliphatic rings. The summed E-state index contributed by atoms with van der Waals surface area (Å²) in [4.78, 5) is 0. The molecular weight excluding hydrogens is 169 g/mol. The van der Waals surface area contributed by atoms with E-state index < -0.39 is 0 Å². The van der Waals surface area contributed by atoms with Crippen molar-refractivity contribution in [2.45, 2.75) is 6.92 Å². The maximum Gasteiger partial charge on any atom is 0.157 e. The smallest absolute Gasteiger partial charge is 0.157 e. The molecule has 13 heavy (non-hydrogen) atoms. The summed E-state index contributed by atoms with van der Waals surface area (Å²) in [6.45, 7) is 1.82. The van der Waals surface area contributed by atoms with Crippen LogP contribution in [0.2, 0.25) is 0 Å². The molecular formula is C9H10FN3. The Bertz CT molecular complexity index is 473. The van der Waals surface area contributed by atoms with E-state index in [1.165, 1.54) is 6.07 Å². The van der Waals surface area contributed by atoms with Crippen LogP contribution < -0.4 is 5.73 Å². The number of aryl methyl sites for hydroxylation is 2. The van der Waals surface area contributed by atoms with Crippen molar-refractivity contribution >= 4 is 16.6 Å². The fourth-order valence-electron chi connectivity index (χ4n) is 1.41. The molecule has 2 aromatic rings. The SMILES string of the molecule is Cc1c2c(F)c(N)ccc2nn1C. The predicted octanol–water partition coefficient (Wildman–Crippen LogP) is 1.60. The van der Waals surface area contributed by atoms with Crippen molar-refractivity contribution < 1.29 is 4.39 Å². The summed E-state index contributed by atoms with van der Waals surface area (Å²) < 4.78 is 15.1. The van der Waals surface area contributed by atoms with Gasteiger partial charge in [-0.05, 0) is 19.1 Å². The Kier molecular flexibility index (Phi) is 1.52. The van der Waals surface area contributed by atoms with Gasteiger partial charge in [0.2, 0.25) is 0 Å². The van der Waals surface area contributed by atoms with Gasteiger partial charge >= 0.3 is 0 Å². The number of fused-ring (bicyclic) bond motifs is 1. The molecule has 0 fully saturated rings. The highest BCUT2D eigenvalue weighted by molar-refractivity contribution is 5.85. The maximum absolute atomic E-state index is 13.5. The largest absolute Gasteiger partial charge is 0.396 e. The molecule has 0 atom stereocenters. The van der Waals surface area contributed by atoms with E-state index in [2.05, 4.69) is 5.10 Å². The minimum absolute atomic E-state index is 0.170. The van der Waals surface area contributed by atoms with Crippen LogP contribution in [0, 0.1) is 12.7 Å². The first-order valence-corrected chi connectivity index (χ1v) is 3.98. The van der Waals surface area contributed by atoms with Crippen molar-refractivity contribution in [2.24, 2.45) is 7.05 Å². The van der Waals surface area contributed by atoms with Gasteiger partial charge in [0.15, 0.2) is 5.82 Å². The topological polar surface area (TPSA) is 43.8 Å². The fourth-order valence-corrected chi connectivity index (χ4v) is 1.41. The third-order valence-corrected chi connectivity index (χ3v) is 2.25. The van der Waals surface area contributed by atoms with Gasteiger partial charge in [-0.25, -0.2) is 4.39 Å². The quantitative estimate of drug-likeness (QED) is 0.624. The Morgan fingerprint density at radius 1 is 1.46 bits per heavy atom. The normalized spacial score (nSPS) is 11.0. The van der Waals surface area contributed by atoms with Gasteiger partial charge in [0.1, 0.15) is 0 Å². The Hall–Kier alpha value is -1.58. The van der Waals surface area contributed by atoms with Gasteiger partial charge in [-0.2, -0.15) is 5.10 Å². The molecule has 2 N–H and O–H groups in total. The molecule has 0 radical (unpaired) electrons. The Morgan fingerprint density at radius 3 is 2.85 bits per heavy atom. The van der Waals surface area contributed by atoms with E-state index in [9.17, 15) is 4.39 Å². The van der Waals surface area contributed by atoms with Gasteiger partial charge in [-0.15, -0.1) is 0 Å². The van der Waals surface area contributed by atoms with Crippen molar-refractivity contribution in [3.8, 4) is 0 Å². The Morgan fingerprint density at radius 2 is 2.15 bits per heavy atom. The molecule has 1 aromatic heterocycles. The number of aromatic nitrogens is 2. The van der Waals surface area contributed by atoms with E-state index in [-0.39, 0.29) is 11.5 Å². The number of benzene rings is 1. The minimum Gasteiger partial charge on any atom is -0.396 e. The fraction of sp³-hybridized carbons (Fsp3) is 0.222. The Balaban J connectivity index is 2.97. The zero-order valence-electron chi connectivity index (χ0n) is 7.50. The van der Waals surface area contributed by atoms with E-state index >= 15 is 0 Å². The molecule has 0 saturated carbocycles. The third kappa shape index (κ3) is 0.983. The van der Waals surface area contributed by atoms with Crippen molar-refractivity contribution in [1.29, 1.82) is 0 Å². The second-order valence-electron chi connectivity index (χ2n) is 3.07. The van der Waals surface area contributed by atoms with Crippen LogP contribution in [0.25, 0.3) is 10.9 Å². The highest BCUT2D eigenvalue weighted by Gasteiger charge is 2.11. The van der Waals surface area contributed by atoms with E-state index in [1.807, 2.05) is 6.92 Å². The number of nitrogens with zero attached hydrogens (tertiary/aromatic N) is 2. The van der Waals surface area contributed by atoms with Crippen LogP contribution >= 0.6 is 0 Å². The lowest BCUT2D eigenvalue weighted by Crippen LogP contribution is -1.93. The summed E-state index contributed by atoms with van der Waals surface area (Å²) in [5.41, 5.74) is 7.06. The van der Waals surface area contributed by atoms with Crippen molar-refractivity contribution in [3.05, 3.63) is 23.6 Å². The second-order valence-corrected chi connectivity index (χ2v) is 3.07. The van der Waals surface area contributed by atoms with E-state index in [4.69, 9.17) is 5.73 Å². The number of hydrogen-bond donors (Lipinski definition) is 1. The summed E-state index contributed by atoms with van der Waals surface area (Å²) in [5, 5.41) is 4.65. The third-order valence-electron chi connectivity index (χ3n) is 2.25. The van der Waals surface area contributed by atoms with Gasteiger partial charge in [0.25, 0.3) is 0 Å². The standard InChI is InChI=1S/C9H10FN3/c1-5-8-7(12-13(5)2)4-3-6(11)9(8)10/h3-4H,11H2,1-2H3. The maximum atomic E-state index is 13.5. The van der Waals surface area contributed by atoms with E-state index in [0.717, 1.165) is 5.69 Å². The second kappa shape index (κ2) is 2.45. The van der Waals surface area contributed by atoms with Crippen LogP contribution in [0.3, 0.4) is 0 Å². The average Bonchev–Trinajstić information content (AvgIpc) is 2.37. The summed E-state index contributed by atoms with van der Waals surface area (Å²) in [7, 11) is 1.78. The van der Waals surface area contributed by atoms with Gasteiger partial charge in [0, 0.05) is 12.7 Å². The summed E-state index contributed by atoms with van der Waals surface area (Å²) in [6, 6.07) is 3.25. The van der Waals surface area contributed by atoms with Crippen LogP contribution in [0.15, 0.2) is 12.1 Å². The minimum atomic E-state index is -0.372. The number of anilines is 1. The van der Waals surface area contributed by atoms with Crippen LogP contribution in [-0.2, 0) is 7.05 Å². The molecule has 0 bridgehead atoms. The van der Waals surface area contributed by atoms with Crippen LogP contribution in [0.4, 0.5) is 10.1 Å². The predicted molar refractivity (Wildman–Crippen MR) is 49.8 cm³/mol. The van der Waals surface area contributed by atoms with Crippen LogP contribution in [0.1, 0.15) is 5.69 Å². The highest BCUT2D eigenvalue weighted by atomic mass is 19.1. The summed E-state index contributed by atoms with van der Waals surface area (Å²) in [6.07, 6.45) is 0. The van der Waals surface area contributed by atoms with Gasteiger partial charge in [-0.1, -0.05) is 0 Å². The van der Waals surface area contributed by atoms with E-state index in [1.54, 1.807) is 17.8 Å². The molecule has 4 heteroatoms. The van der Waals surface area contributed by atoms with Gasteiger partial charge in [0.05, 0.1) is 16.6 Å². The molecule has 1 aromatic carbocycles. The molecule has 1 heterocycles. The van der Waals surface area contributed by atoms with Gasteiger partial charge in [-0.3, -0.25) is 4.68 Å². The molecule has 0 unspecified atom stereocenters. The van der Waals surface area contributed by atoms with Crippen molar-refractivity contribution in [1.82, 2.24) is 9.78 Å². The first-order valence-electron chi connectivity index (χ1n) is 3.98. The highest BCUT2D eigenvalue weighted by Crippen LogP contribution is 2.24. The van der Waals surface area contributed by atoms with Crippen molar-refractivity contribution in [3.63, 3.8) is 0 Å². The molecule has 0 aliphatic carbocycles. The first-order chi connectivity index (χ1) is 6.11. The molecule has 0 saturated heterocycles. The van der Waals surface area contributed by atoms with Crippen molar-refractivity contribution in [2.75, 3.05) is 5.73 Å². The Labute approximate surface area is 75.0 Å². The molecule has 0 spiro atoms. The lowest BCUT2D eigenvalue weighted by Gasteiger charge is -1.97. The number of hydrogen-bond acceptors (Lipinski definition) is 2. The summed E-state index contributed by atoms with van der Waals surface area (Å²) >= 11 is 0. The van der Waals surface area contributed by atoms with Crippen LogP contribution in [-0.4, -0.2) is 9.78 Å². The molecule has 68 valence electrons. The lowest BCUT2D eigenvalue weighted by atomic mass is 10.2. The number of nitrogens with two attached hydrogens (primary N) is 1. The van der Waals surface area contributed by atoms with E-state index in [0.29, 0.717) is 10.9 Å². The number of nitrogen functional groups attached to an aromatic ring is 1. The first kappa shape index (κ1) is 8.04. The number of rotatable bonds is 0. The molecule has 3 nitrogen and oxygen atoms in total. The molecule has 2 rings (SSSR count). The van der Waals surface area contributed by atoms with Crippen LogP contribution in [0.5, 0.6) is 0 Å². The lowest BCUT2D eigenvalue weighted by molar-refractivity contribution is 0.643. The molecule has 0 aliphatic heterocycles. The molecule has 0 amide bonds. The summed E-state index contributed by atoms with van der Waals surface area (Å²) in [5.74, 6) is -0.372. The number of halogens is 1. The monoisotopic (exact) mass is 179 g/mol. The average molecular weight is 179 g/mol. The zero-order valence-corrected chi connectivity index (χ0v) is 7.50. The van der Waals surface area contributed by atoms with Gasteiger partial charge < -0.3 is 5.73 Å².